The van der Waals surface area contributed by atoms with Gasteiger partial charge in [0, 0.05) is 5.56 Å². The zero-order valence-corrected chi connectivity index (χ0v) is 13.3. The molecular formula is C15H14N4S2. The molecule has 106 valence electrons. The molecule has 0 amide bonds. The molecule has 2 heterocycles. The highest BCUT2D eigenvalue weighted by molar-refractivity contribution is 7.71. The molecule has 0 spiro atoms. The van der Waals surface area contributed by atoms with Crippen LogP contribution in [0.3, 0.4) is 0 Å². The smallest absolute Gasteiger partial charge is 0.216 e. The van der Waals surface area contributed by atoms with Crippen LogP contribution < -0.4 is 0 Å². The minimum Gasteiger partial charge on any atom is -0.250 e. The summed E-state index contributed by atoms with van der Waals surface area (Å²) < 4.78 is 2.14. The van der Waals surface area contributed by atoms with Crippen molar-refractivity contribution in [2.45, 2.75) is 13.8 Å². The van der Waals surface area contributed by atoms with Gasteiger partial charge in [-0.1, -0.05) is 23.8 Å². The molecule has 6 heteroatoms. The number of benzene rings is 1. The molecule has 0 aliphatic heterocycles. The van der Waals surface area contributed by atoms with Crippen LogP contribution >= 0.6 is 23.6 Å². The maximum absolute atomic E-state index is 5.27. The Labute approximate surface area is 131 Å². The first kappa shape index (κ1) is 13.9. The van der Waals surface area contributed by atoms with Crippen molar-refractivity contribution < 1.29 is 0 Å². The van der Waals surface area contributed by atoms with Crippen molar-refractivity contribution in [2.24, 2.45) is 5.10 Å². The molecule has 2 aromatic heterocycles. The van der Waals surface area contributed by atoms with Gasteiger partial charge in [-0.3, -0.25) is 0 Å². The second-order valence-corrected chi connectivity index (χ2v) is 6.08. The van der Waals surface area contributed by atoms with Gasteiger partial charge < -0.3 is 0 Å². The Hall–Kier alpha value is -2.05. The summed E-state index contributed by atoms with van der Waals surface area (Å²) in [5.74, 6) is 0.717. The molecule has 0 fully saturated rings. The number of H-pyrrole nitrogens is 1. The predicted molar refractivity (Wildman–Crippen MR) is 89.6 cm³/mol. The van der Waals surface area contributed by atoms with Gasteiger partial charge >= 0.3 is 0 Å². The second kappa shape index (κ2) is 5.75. The highest BCUT2D eigenvalue weighted by Crippen LogP contribution is 2.19. The number of rotatable bonds is 3. The molecule has 4 nitrogen and oxygen atoms in total. The van der Waals surface area contributed by atoms with Crippen molar-refractivity contribution in [1.29, 1.82) is 0 Å². The first-order chi connectivity index (χ1) is 10.1. The van der Waals surface area contributed by atoms with E-state index in [0.29, 0.717) is 10.6 Å². The lowest BCUT2D eigenvalue weighted by molar-refractivity contribution is 0.872. The molecule has 1 N–H and O–H groups in total. The molecule has 0 saturated carbocycles. The van der Waals surface area contributed by atoms with Crippen molar-refractivity contribution in [3.63, 3.8) is 0 Å². The van der Waals surface area contributed by atoms with E-state index in [4.69, 9.17) is 12.2 Å². The third-order valence-corrected chi connectivity index (χ3v) is 4.34. The van der Waals surface area contributed by atoms with Gasteiger partial charge in [0.2, 0.25) is 4.77 Å². The zero-order chi connectivity index (χ0) is 14.8. The van der Waals surface area contributed by atoms with Crippen LogP contribution in [0, 0.1) is 18.6 Å². The Morgan fingerprint density at radius 2 is 2.19 bits per heavy atom. The Bertz CT molecular complexity index is 854. The van der Waals surface area contributed by atoms with E-state index in [0.717, 1.165) is 10.4 Å². The number of aromatic nitrogens is 3. The van der Waals surface area contributed by atoms with Crippen LogP contribution in [-0.4, -0.2) is 21.1 Å². The van der Waals surface area contributed by atoms with Gasteiger partial charge in [0.05, 0.1) is 11.1 Å². The van der Waals surface area contributed by atoms with Crippen LogP contribution in [0.2, 0.25) is 0 Å². The largest absolute Gasteiger partial charge is 0.250 e. The van der Waals surface area contributed by atoms with Crippen molar-refractivity contribution >= 4 is 29.8 Å². The Morgan fingerprint density at radius 1 is 1.33 bits per heavy atom. The summed E-state index contributed by atoms with van der Waals surface area (Å²) in [6, 6.07) is 10.2. The molecule has 21 heavy (non-hydrogen) atoms. The SMILES string of the molecule is Cc1cccc(-c2n[nH]c(=S)n2N=Cc2sccc2C)c1. The minimum atomic E-state index is 0.483. The fourth-order valence-corrected chi connectivity index (χ4v) is 2.96. The monoisotopic (exact) mass is 314 g/mol. The summed E-state index contributed by atoms with van der Waals surface area (Å²) >= 11 is 6.92. The molecule has 3 rings (SSSR count). The Balaban J connectivity index is 2.04. The van der Waals surface area contributed by atoms with Gasteiger partial charge in [-0.05, 0) is 49.1 Å². The maximum Gasteiger partial charge on any atom is 0.216 e. The highest BCUT2D eigenvalue weighted by Gasteiger charge is 2.08. The number of aromatic amines is 1. The van der Waals surface area contributed by atoms with E-state index >= 15 is 0 Å². The summed E-state index contributed by atoms with van der Waals surface area (Å²) in [5.41, 5.74) is 3.37. The van der Waals surface area contributed by atoms with Gasteiger partial charge in [-0.25, -0.2) is 5.10 Å². The van der Waals surface area contributed by atoms with Gasteiger partial charge in [0.1, 0.15) is 0 Å². The highest BCUT2D eigenvalue weighted by atomic mass is 32.1. The second-order valence-electron chi connectivity index (χ2n) is 4.75. The van der Waals surface area contributed by atoms with Gasteiger partial charge in [0.15, 0.2) is 5.82 Å². The summed E-state index contributed by atoms with van der Waals surface area (Å²) in [6.45, 7) is 4.11. The Kier molecular flexibility index (Phi) is 3.81. The number of hydrogen-bond acceptors (Lipinski definition) is 4. The van der Waals surface area contributed by atoms with E-state index in [2.05, 4.69) is 34.4 Å². The molecule has 0 unspecified atom stereocenters. The van der Waals surface area contributed by atoms with E-state index in [-0.39, 0.29) is 0 Å². The Morgan fingerprint density at radius 3 is 2.90 bits per heavy atom. The zero-order valence-electron chi connectivity index (χ0n) is 11.7. The van der Waals surface area contributed by atoms with E-state index < -0.39 is 0 Å². The van der Waals surface area contributed by atoms with Gasteiger partial charge in [0.25, 0.3) is 0 Å². The van der Waals surface area contributed by atoms with Crippen LogP contribution in [0.4, 0.5) is 0 Å². The van der Waals surface area contributed by atoms with E-state index in [1.165, 1.54) is 11.1 Å². The predicted octanol–water partition coefficient (Wildman–Crippen LogP) is 4.17. The van der Waals surface area contributed by atoms with Crippen molar-refractivity contribution in [3.8, 4) is 11.4 Å². The summed E-state index contributed by atoms with van der Waals surface area (Å²) in [6.07, 6.45) is 1.82. The average molecular weight is 314 g/mol. The number of thiophene rings is 1. The number of nitrogens with one attached hydrogen (secondary N) is 1. The fourth-order valence-electron chi connectivity index (χ4n) is 2.00. The molecule has 0 aliphatic rings. The van der Waals surface area contributed by atoms with Crippen LogP contribution in [0.15, 0.2) is 40.8 Å². The number of aryl methyl sites for hydroxylation is 2. The summed E-state index contributed by atoms with van der Waals surface area (Å²) in [7, 11) is 0. The van der Waals surface area contributed by atoms with Crippen molar-refractivity contribution in [1.82, 2.24) is 14.9 Å². The molecule has 3 aromatic rings. The van der Waals surface area contributed by atoms with E-state index in [9.17, 15) is 0 Å². The normalized spacial score (nSPS) is 11.3. The molecule has 0 bridgehead atoms. The van der Waals surface area contributed by atoms with Gasteiger partial charge in [-0.15, -0.1) is 11.3 Å². The first-order valence-electron chi connectivity index (χ1n) is 6.48. The lowest BCUT2D eigenvalue weighted by Crippen LogP contribution is -1.95. The average Bonchev–Trinajstić information content (AvgIpc) is 3.03. The van der Waals surface area contributed by atoms with Gasteiger partial charge in [-0.2, -0.15) is 14.9 Å². The maximum atomic E-state index is 5.27. The molecular weight excluding hydrogens is 300 g/mol. The van der Waals surface area contributed by atoms with Crippen LogP contribution in [0.5, 0.6) is 0 Å². The fraction of sp³-hybridized carbons (Fsp3) is 0.133. The summed E-state index contributed by atoms with van der Waals surface area (Å²) in [4.78, 5) is 1.12. The van der Waals surface area contributed by atoms with Crippen molar-refractivity contribution in [3.05, 3.63) is 56.5 Å². The standard InChI is InChI=1S/C15H14N4S2/c1-10-4-3-5-12(8-10)14-17-18-15(20)19(14)16-9-13-11(2)6-7-21-13/h3-9H,1-2H3,(H,18,20). The quantitative estimate of drug-likeness (QED) is 0.582. The topological polar surface area (TPSA) is 46.0 Å². The molecule has 1 aromatic carbocycles. The first-order valence-corrected chi connectivity index (χ1v) is 7.77. The van der Waals surface area contributed by atoms with E-state index in [1.807, 2.05) is 36.7 Å². The number of nitrogens with zero attached hydrogens (tertiary/aromatic N) is 3. The van der Waals surface area contributed by atoms with Crippen LogP contribution in [0.1, 0.15) is 16.0 Å². The van der Waals surface area contributed by atoms with Crippen molar-refractivity contribution in [2.75, 3.05) is 0 Å². The lowest BCUT2D eigenvalue weighted by Gasteiger charge is -2.01. The van der Waals surface area contributed by atoms with Crippen LogP contribution in [0.25, 0.3) is 11.4 Å². The molecule has 0 radical (unpaired) electrons. The van der Waals surface area contributed by atoms with E-state index in [1.54, 1.807) is 16.0 Å². The summed E-state index contributed by atoms with van der Waals surface area (Å²) in [5, 5.41) is 13.6. The molecule has 0 aliphatic carbocycles. The lowest BCUT2D eigenvalue weighted by atomic mass is 10.1. The number of hydrogen-bond donors (Lipinski definition) is 1. The molecule has 0 saturated heterocycles. The minimum absolute atomic E-state index is 0.483. The molecule has 0 atom stereocenters. The van der Waals surface area contributed by atoms with Crippen LogP contribution in [-0.2, 0) is 0 Å². The third kappa shape index (κ3) is 2.86. The third-order valence-electron chi connectivity index (χ3n) is 3.12.